The number of ether oxygens (including phenoxy) is 1. The van der Waals surface area contributed by atoms with E-state index >= 15 is 0 Å². The first-order valence-electron chi connectivity index (χ1n) is 6.18. The number of benzene rings is 1. The maximum Gasteiger partial charge on any atom is 0.217 e. The number of nitriles is 1. The van der Waals surface area contributed by atoms with Gasteiger partial charge in [0.05, 0.1) is 12.3 Å². The third kappa shape index (κ3) is 3.02. The van der Waals surface area contributed by atoms with Gasteiger partial charge in [-0.2, -0.15) is 5.26 Å². The number of hydrogen-bond acceptors (Lipinski definition) is 4. The molecule has 0 amide bonds. The zero-order chi connectivity index (χ0) is 14.4. The highest BCUT2D eigenvalue weighted by molar-refractivity contribution is 5.44. The van der Waals surface area contributed by atoms with Crippen LogP contribution in [0.1, 0.15) is 11.4 Å². The van der Waals surface area contributed by atoms with Gasteiger partial charge in [-0.25, -0.2) is 9.37 Å². The van der Waals surface area contributed by atoms with Crippen molar-refractivity contribution in [1.82, 2.24) is 14.9 Å². The number of nitrogens with zero attached hydrogens (tertiary/aromatic N) is 3. The fourth-order valence-corrected chi connectivity index (χ4v) is 1.92. The molecule has 0 unspecified atom stereocenters. The first kappa shape index (κ1) is 14.2. The predicted molar refractivity (Wildman–Crippen MR) is 71.8 cm³/mol. The number of halogens is 1. The topological polar surface area (TPSA) is 62.9 Å². The largest absolute Gasteiger partial charge is 0.383 e. The van der Waals surface area contributed by atoms with E-state index in [0.29, 0.717) is 30.9 Å². The van der Waals surface area contributed by atoms with Crippen molar-refractivity contribution in [3.05, 3.63) is 47.8 Å². The van der Waals surface area contributed by atoms with Gasteiger partial charge in [0.1, 0.15) is 11.9 Å². The van der Waals surface area contributed by atoms with E-state index in [-0.39, 0.29) is 11.6 Å². The van der Waals surface area contributed by atoms with Crippen LogP contribution >= 0.6 is 0 Å². The van der Waals surface area contributed by atoms with Crippen molar-refractivity contribution in [1.29, 1.82) is 5.26 Å². The van der Waals surface area contributed by atoms with Gasteiger partial charge in [0.2, 0.25) is 5.82 Å². The molecule has 5 nitrogen and oxygen atoms in total. The second-order valence-electron chi connectivity index (χ2n) is 4.14. The summed E-state index contributed by atoms with van der Waals surface area (Å²) in [5, 5.41) is 12.1. The Kier molecular flexibility index (Phi) is 4.82. The minimum absolute atomic E-state index is 0.230. The Labute approximate surface area is 116 Å². The molecule has 1 N–H and O–H groups in total. The Morgan fingerprint density at radius 3 is 3.10 bits per heavy atom. The summed E-state index contributed by atoms with van der Waals surface area (Å²) in [6.45, 7) is 1.53. The summed E-state index contributed by atoms with van der Waals surface area (Å²) in [4.78, 5) is 3.93. The van der Waals surface area contributed by atoms with Gasteiger partial charge in [-0.15, -0.1) is 0 Å². The van der Waals surface area contributed by atoms with Crippen LogP contribution in [0.2, 0.25) is 0 Å². The second kappa shape index (κ2) is 6.80. The average Bonchev–Trinajstić information content (AvgIpc) is 2.93. The van der Waals surface area contributed by atoms with E-state index in [1.165, 1.54) is 12.3 Å². The summed E-state index contributed by atoms with van der Waals surface area (Å²) in [5.74, 6) is -0.0845. The van der Waals surface area contributed by atoms with Crippen molar-refractivity contribution >= 4 is 0 Å². The molecule has 0 atom stereocenters. The molecule has 20 heavy (non-hydrogen) atoms. The zero-order valence-corrected chi connectivity index (χ0v) is 11.1. The Bertz CT molecular complexity index is 618. The van der Waals surface area contributed by atoms with Gasteiger partial charge in [-0.05, 0) is 12.1 Å². The smallest absolute Gasteiger partial charge is 0.217 e. The molecule has 0 aliphatic rings. The molecule has 2 rings (SSSR count). The van der Waals surface area contributed by atoms with Crippen LogP contribution in [0.3, 0.4) is 0 Å². The van der Waals surface area contributed by atoms with Crippen molar-refractivity contribution in [3.8, 4) is 11.8 Å². The number of hydrogen-bond donors (Lipinski definition) is 1. The monoisotopic (exact) mass is 274 g/mol. The SMILES string of the molecule is COCCNCc1c(F)cccc1-n1ccnc1C#N. The summed E-state index contributed by atoms with van der Waals surface area (Å²) in [6, 6.07) is 6.77. The predicted octanol–water partition coefficient (Wildman–Crippen LogP) is 1.62. The lowest BCUT2D eigenvalue weighted by Gasteiger charge is -2.12. The highest BCUT2D eigenvalue weighted by Gasteiger charge is 2.12. The summed E-state index contributed by atoms with van der Waals surface area (Å²) in [7, 11) is 1.61. The van der Waals surface area contributed by atoms with Crippen LogP contribution < -0.4 is 5.32 Å². The first-order valence-corrected chi connectivity index (χ1v) is 6.18. The molecule has 0 bridgehead atoms. The van der Waals surface area contributed by atoms with E-state index < -0.39 is 0 Å². The van der Waals surface area contributed by atoms with Crippen molar-refractivity contribution in [2.24, 2.45) is 0 Å². The Hall–Kier alpha value is -2.23. The normalized spacial score (nSPS) is 10.4. The van der Waals surface area contributed by atoms with Gasteiger partial charge in [-0.3, -0.25) is 4.57 Å². The summed E-state index contributed by atoms with van der Waals surface area (Å²) in [6.07, 6.45) is 3.16. The molecule has 1 aromatic heterocycles. The molecule has 0 aliphatic heterocycles. The van der Waals surface area contributed by atoms with E-state index in [4.69, 9.17) is 10.00 Å². The maximum atomic E-state index is 14.0. The van der Waals surface area contributed by atoms with Crippen LogP contribution in [0.25, 0.3) is 5.69 Å². The van der Waals surface area contributed by atoms with E-state index in [2.05, 4.69) is 10.3 Å². The maximum absolute atomic E-state index is 14.0. The molecule has 0 saturated heterocycles. The van der Waals surface area contributed by atoms with Crippen LogP contribution in [0.15, 0.2) is 30.6 Å². The van der Waals surface area contributed by atoms with Gasteiger partial charge in [0.25, 0.3) is 0 Å². The Morgan fingerprint density at radius 2 is 2.35 bits per heavy atom. The van der Waals surface area contributed by atoms with Gasteiger partial charge in [0.15, 0.2) is 0 Å². The van der Waals surface area contributed by atoms with Gasteiger partial charge >= 0.3 is 0 Å². The van der Waals surface area contributed by atoms with Crippen LogP contribution in [0.5, 0.6) is 0 Å². The summed E-state index contributed by atoms with van der Waals surface area (Å²) in [5.41, 5.74) is 1.11. The highest BCUT2D eigenvalue weighted by atomic mass is 19.1. The van der Waals surface area contributed by atoms with Crippen LogP contribution in [-0.4, -0.2) is 29.8 Å². The van der Waals surface area contributed by atoms with Crippen LogP contribution in [0, 0.1) is 17.1 Å². The summed E-state index contributed by atoms with van der Waals surface area (Å²) >= 11 is 0. The minimum Gasteiger partial charge on any atom is -0.383 e. The van der Waals surface area contributed by atoms with Crippen molar-refractivity contribution in [2.45, 2.75) is 6.54 Å². The lowest BCUT2D eigenvalue weighted by Crippen LogP contribution is -2.20. The van der Waals surface area contributed by atoms with Crippen molar-refractivity contribution < 1.29 is 9.13 Å². The number of rotatable bonds is 6. The Balaban J connectivity index is 2.29. The van der Waals surface area contributed by atoms with Crippen LogP contribution in [-0.2, 0) is 11.3 Å². The molecule has 0 aliphatic carbocycles. The van der Waals surface area contributed by atoms with Gasteiger partial charge in [0, 0.05) is 38.2 Å². The molecular formula is C14H15FN4O. The quantitative estimate of drug-likeness (QED) is 0.813. The number of methoxy groups -OCH3 is 1. The van der Waals surface area contributed by atoms with E-state index in [0.717, 1.165) is 0 Å². The third-order valence-electron chi connectivity index (χ3n) is 2.88. The van der Waals surface area contributed by atoms with Crippen LogP contribution in [0.4, 0.5) is 4.39 Å². The molecule has 2 aromatic rings. The molecule has 0 saturated carbocycles. The van der Waals surface area contributed by atoms with Gasteiger partial charge in [-0.1, -0.05) is 6.07 Å². The summed E-state index contributed by atoms with van der Waals surface area (Å²) < 4.78 is 20.5. The zero-order valence-electron chi connectivity index (χ0n) is 11.1. The number of imidazole rings is 1. The molecule has 1 heterocycles. The van der Waals surface area contributed by atoms with Crippen molar-refractivity contribution in [2.75, 3.05) is 20.3 Å². The van der Waals surface area contributed by atoms with Crippen molar-refractivity contribution in [3.63, 3.8) is 0 Å². The van der Waals surface area contributed by atoms with E-state index in [1.807, 2.05) is 6.07 Å². The Morgan fingerprint density at radius 1 is 1.50 bits per heavy atom. The molecule has 0 fully saturated rings. The molecule has 6 heteroatoms. The molecule has 104 valence electrons. The average molecular weight is 274 g/mol. The highest BCUT2D eigenvalue weighted by Crippen LogP contribution is 2.19. The molecule has 0 spiro atoms. The lowest BCUT2D eigenvalue weighted by atomic mass is 10.1. The second-order valence-corrected chi connectivity index (χ2v) is 4.14. The standard InChI is InChI=1S/C14H15FN4O/c1-20-8-6-17-10-11-12(15)3-2-4-13(11)19-7-5-18-14(19)9-16/h2-5,7,17H,6,8,10H2,1H3. The fraction of sp³-hybridized carbons (Fsp3) is 0.286. The number of aromatic nitrogens is 2. The van der Waals surface area contributed by atoms with Gasteiger partial charge < -0.3 is 10.1 Å². The fourth-order valence-electron chi connectivity index (χ4n) is 1.92. The third-order valence-corrected chi connectivity index (χ3v) is 2.88. The lowest BCUT2D eigenvalue weighted by molar-refractivity contribution is 0.199. The molecule has 0 radical (unpaired) electrons. The first-order chi connectivity index (χ1) is 9.77. The molecular weight excluding hydrogens is 259 g/mol. The van der Waals surface area contributed by atoms with E-state index in [1.54, 1.807) is 30.0 Å². The number of nitrogens with one attached hydrogen (secondary N) is 1. The molecule has 1 aromatic carbocycles. The van der Waals surface area contributed by atoms with E-state index in [9.17, 15) is 4.39 Å². The minimum atomic E-state index is -0.315.